The van der Waals surface area contributed by atoms with Gasteiger partial charge in [0, 0.05) is 0 Å². The van der Waals surface area contributed by atoms with Gasteiger partial charge in [-0.05, 0) is 6.92 Å². The average molecular weight is 156 g/mol. The minimum Gasteiger partial charge on any atom is -0.250 e. The molecule has 0 spiro atoms. The zero-order valence-corrected chi connectivity index (χ0v) is 7.05. The van der Waals surface area contributed by atoms with E-state index in [0.717, 1.165) is 11.1 Å². The third-order valence-electron chi connectivity index (χ3n) is 1.91. The van der Waals surface area contributed by atoms with Crippen LogP contribution >= 0.6 is 0 Å². The second-order valence-corrected chi connectivity index (χ2v) is 2.60. The number of nitrogens with zero attached hydrogens (tertiary/aromatic N) is 2. The molecule has 1 rings (SSSR count). The molecule has 2 heteroatoms. The van der Waals surface area contributed by atoms with Gasteiger partial charge in [-0.15, -0.1) is 0 Å². The van der Waals surface area contributed by atoms with Crippen molar-refractivity contribution in [1.29, 1.82) is 0 Å². The Morgan fingerprint density at radius 1 is 1.08 bits per heavy atom. The fourth-order valence-electron chi connectivity index (χ4n) is 1.02. The molecule has 0 aliphatic heterocycles. The van der Waals surface area contributed by atoms with Gasteiger partial charge in [0.25, 0.3) is 0 Å². The second kappa shape index (κ2) is 3.07. The van der Waals surface area contributed by atoms with E-state index in [0.29, 0.717) is 11.4 Å². The van der Waals surface area contributed by atoms with Crippen LogP contribution in [0.1, 0.15) is 11.1 Å². The predicted molar refractivity (Wildman–Crippen MR) is 48.4 cm³/mol. The van der Waals surface area contributed by atoms with Gasteiger partial charge in [0.1, 0.15) is 0 Å². The number of hydrogen-bond donors (Lipinski definition) is 0. The van der Waals surface area contributed by atoms with Gasteiger partial charge in [0.05, 0.1) is 13.1 Å². The lowest BCUT2D eigenvalue weighted by Crippen LogP contribution is -1.79. The molecule has 12 heavy (non-hydrogen) atoms. The molecule has 0 aliphatic carbocycles. The highest BCUT2D eigenvalue weighted by molar-refractivity contribution is 5.75. The largest absolute Gasteiger partial charge is 0.250 e. The van der Waals surface area contributed by atoms with Crippen LogP contribution in [0.25, 0.3) is 9.69 Å². The van der Waals surface area contributed by atoms with Gasteiger partial charge in [-0.2, -0.15) is 0 Å². The van der Waals surface area contributed by atoms with E-state index in [4.69, 9.17) is 13.1 Å². The van der Waals surface area contributed by atoms with E-state index in [1.807, 2.05) is 19.9 Å². The Morgan fingerprint density at radius 2 is 1.75 bits per heavy atom. The molecular weight excluding hydrogens is 148 g/mol. The first-order valence-corrected chi connectivity index (χ1v) is 3.56. The molecule has 0 saturated heterocycles. The highest BCUT2D eigenvalue weighted by Gasteiger charge is 2.06. The summed E-state index contributed by atoms with van der Waals surface area (Å²) in [7, 11) is 0. The van der Waals surface area contributed by atoms with Gasteiger partial charge in [-0.1, -0.05) is 30.2 Å². The van der Waals surface area contributed by atoms with Crippen molar-refractivity contribution in [3.05, 3.63) is 46.1 Å². The van der Waals surface area contributed by atoms with Crippen molar-refractivity contribution < 1.29 is 0 Å². The Kier molecular flexibility index (Phi) is 2.12. The van der Waals surface area contributed by atoms with E-state index in [1.54, 1.807) is 6.07 Å². The Bertz CT molecular complexity index is 392. The summed E-state index contributed by atoms with van der Waals surface area (Å²) in [6, 6.07) is 3.57. The van der Waals surface area contributed by atoms with Gasteiger partial charge in [0.2, 0.25) is 0 Å². The number of rotatable bonds is 0. The summed E-state index contributed by atoms with van der Waals surface area (Å²) in [4.78, 5) is 6.62. The predicted octanol–water partition coefficient (Wildman–Crippen LogP) is 3.41. The molecule has 0 amide bonds. The smallest absolute Gasteiger partial charge is 0.197 e. The molecule has 1 aromatic carbocycles. The van der Waals surface area contributed by atoms with E-state index in [1.165, 1.54) is 0 Å². The van der Waals surface area contributed by atoms with Gasteiger partial charge in [-0.25, -0.2) is 4.85 Å². The van der Waals surface area contributed by atoms with Crippen LogP contribution in [0.3, 0.4) is 0 Å². The molecule has 0 saturated carbocycles. The number of hydrogen-bond acceptors (Lipinski definition) is 0. The molecule has 0 aromatic heterocycles. The summed E-state index contributed by atoms with van der Waals surface area (Å²) in [6.07, 6.45) is 0. The third kappa shape index (κ3) is 1.15. The molecule has 2 nitrogen and oxygen atoms in total. The fraction of sp³-hybridized carbons (Fsp3) is 0.200. The molecule has 0 unspecified atom stereocenters. The summed E-state index contributed by atoms with van der Waals surface area (Å²) in [5.74, 6) is 0. The number of benzene rings is 1. The van der Waals surface area contributed by atoms with Gasteiger partial charge in [0.15, 0.2) is 11.4 Å². The van der Waals surface area contributed by atoms with Crippen LogP contribution in [-0.2, 0) is 0 Å². The highest BCUT2D eigenvalue weighted by atomic mass is 14.8. The molecule has 1 aromatic rings. The molecule has 0 aliphatic rings. The van der Waals surface area contributed by atoms with Crippen molar-refractivity contribution >= 4 is 11.4 Å². The maximum Gasteiger partial charge on any atom is 0.197 e. The molecule has 0 radical (unpaired) electrons. The number of aryl methyl sites for hydroxylation is 1. The Balaban J connectivity index is 3.52. The maximum absolute atomic E-state index is 6.91. The van der Waals surface area contributed by atoms with Crippen molar-refractivity contribution in [3.8, 4) is 0 Å². The zero-order chi connectivity index (χ0) is 9.14. The van der Waals surface area contributed by atoms with Crippen molar-refractivity contribution in [2.45, 2.75) is 13.8 Å². The summed E-state index contributed by atoms with van der Waals surface area (Å²) >= 11 is 0. The van der Waals surface area contributed by atoms with Crippen molar-refractivity contribution in [2.75, 3.05) is 0 Å². The van der Waals surface area contributed by atoms with Crippen LogP contribution in [0, 0.1) is 27.0 Å². The summed E-state index contributed by atoms with van der Waals surface area (Å²) in [5, 5.41) is 0. The second-order valence-electron chi connectivity index (χ2n) is 2.60. The first-order chi connectivity index (χ1) is 5.70. The fourth-order valence-corrected chi connectivity index (χ4v) is 1.02. The first-order valence-electron chi connectivity index (χ1n) is 3.56. The van der Waals surface area contributed by atoms with Gasteiger partial charge >= 0.3 is 0 Å². The molecule has 0 heterocycles. The lowest BCUT2D eigenvalue weighted by molar-refractivity contribution is 1.36. The van der Waals surface area contributed by atoms with E-state index >= 15 is 0 Å². The molecule has 58 valence electrons. The summed E-state index contributed by atoms with van der Waals surface area (Å²) in [6.45, 7) is 17.6. The van der Waals surface area contributed by atoms with Gasteiger partial charge in [-0.3, -0.25) is 4.85 Å². The van der Waals surface area contributed by atoms with Crippen LogP contribution in [0.2, 0.25) is 0 Å². The van der Waals surface area contributed by atoms with Crippen molar-refractivity contribution in [2.24, 2.45) is 0 Å². The monoisotopic (exact) mass is 156 g/mol. The first kappa shape index (κ1) is 8.30. The molecular formula is C10H8N2. The van der Waals surface area contributed by atoms with Crippen molar-refractivity contribution in [3.63, 3.8) is 0 Å². The van der Waals surface area contributed by atoms with E-state index in [-0.39, 0.29) is 0 Å². The molecule has 0 atom stereocenters. The zero-order valence-electron chi connectivity index (χ0n) is 7.05. The minimum absolute atomic E-state index is 0.452. The quantitative estimate of drug-likeness (QED) is 0.509. The molecule has 0 fully saturated rings. The Labute approximate surface area is 72.1 Å². The van der Waals surface area contributed by atoms with Gasteiger partial charge < -0.3 is 0 Å². The average Bonchev–Trinajstić information content (AvgIpc) is 2.09. The van der Waals surface area contributed by atoms with Crippen LogP contribution in [0.4, 0.5) is 11.4 Å². The summed E-state index contributed by atoms with van der Waals surface area (Å²) < 4.78 is 0. The standard InChI is InChI=1S/C10H8N2/c1-7-5-6-9(11-3)10(12-4)8(7)2/h5-6H,1-2H3. The molecule has 0 bridgehead atoms. The normalized spacial score (nSPS) is 8.67. The third-order valence-corrected chi connectivity index (χ3v) is 1.91. The van der Waals surface area contributed by atoms with E-state index in [2.05, 4.69) is 9.69 Å². The van der Waals surface area contributed by atoms with Crippen LogP contribution < -0.4 is 0 Å². The van der Waals surface area contributed by atoms with Crippen LogP contribution in [0.15, 0.2) is 12.1 Å². The van der Waals surface area contributed by atoms with E-state index < -0.39 is 0 Å². The van der Waals surface area contributed by atoms with E-state index in [9.17, 15) is 0 Å². The Morgan fingerprint density at radius 3 is 2.25 bits per heavy atom. The Hall–Kier alpha value is -1.80. The lowest BCUT2D eigenvalue weighted by atomic mass is 10.1. The lowest BCUT2D eigenvalue weighted by Gasteiger charge is -2.02. The SMILES string of the molecule is [C-]#[N+]c1ccc(C)c(C)c1[N+]#[C-]. The summed E-state index contributed by atoms with van der Waals surface area (Å²) in [5.41, 5.74) is 2.92. The minimum atomic E-state index is 0.452. The maximum atomic E-state index is 6.91. The van der Waals surface area contributed by atoms with Crippen molar-refractivity contribution in [1.82, 2.24) is 0 Å². The highest BCUT2D eigenvalue weighted by Crippen LogP contribution is 2.33. The van der Waals surface area contributed by atoms with Crippen LogP contribution in [-0.4, -0.2) is 0 Å². The van der Waals surface area contributed by atoms with Crippen LogP contribution in [0.5, 0.6) is 0 Å². The molecule has 0 N–H and O–H groups in total. The topological polar surface area (TPSA) is 8.72 Å².